The first-order valence-electron chi connectivity index (χ1n) is 8.89. The smallest absolute Gasteiger partial charge is 0.227 e. The van der Waals surface area contributed by atoms with Crippen LogP contribution < -0.4 is 10.2 Å². The molecule has 25 heavy (non-hydrogen) atoms. The van der Waals surface area contributed by atoms with E-state index in [0.29, 0.717) is 5.92 Å². The quantitative estimate of drug-likeness (QED) is 0.855. The summed E-state index contributed by atoms with van der Waals surface area (Å²) in [7, 11) is 1.91. The number of morpholine rings is 1. The third-order valence-electron chi connectivity index (χ3n) is 4.42. The third-order valence-corrected chi connectivity index (χ3v) is 4.42. The number of hydrogen-bond acceptors (Lipinski definition) is 7. The van der Waals surface area contributed by atoms with Gasteiger partial charge in [0.05, 0.1) is 19.3 Å². The van der Waals surface area contributed by atoms with Gasteiger partial charge in [0.2, 0.25) is 5.95 Å². The zero-order chi connectivity index (χ0) is 17.8. The van der Waals surface area contributed by atoms with E-state index in [4.69, 9.17) is 14.7 Å². The standard InChI is InChI=1S/C17H27N7O/c1-5-13-10-14(22-17(20-13)24-6-8-25-9-7-24)21-15(12(2)3)16-18-11-19-23(16)4/h10-12,15H,5-9H2,1-4H3,(H,20,21,22)/t15-/m1/s1. The normalized spacial score (nSPS) is 16.3. The Morgan fingerprint density at radius 1 is 1.24 bits per heavy atom. The lowest BCUT2D eigenvalue weighted by atomic mass is 10.0. The summed E-state index contributed by atoms with van der Waals surface area (Å²) in [6.45, 7) is 9.52. The predicted molar refractivity (Wildman–Crippen MR) is 96.6 cm³/mol. The molecule has 0 radical (unpaired) electrons. The second-order valence-corrected chi connectivity index (χ2v) is 6.61. The zero-order valence-corrected chi connectivity index (χ0v) is 15.4. The van der Waals surface area contributed by atoms with Crippen LogP contribution in [0.1, 0.15) is 38.3 Å². The first-order valence-corrected chi connectivity index (χ1v) is 8.89. The summed E-state index contributed by atoms with van der Waals surface area (Å²) < 4.78 is 7.24. The molecule has 1 saturated heterocycles. The van der Waals surface area contributed by atoms with Gasteiger partial charge in [-0.15, -0.1) is 0 Å². The molecule has 0 bridgehead atoms. The van der Waals surface area contributed by atoms with Crippen molar-refractivity contribution < 1.29 is 4.74 Å². The van der Waals surface area contributed by atoms with E-state index < -0.39 is 0 Å². The number of nitrogens with zero attached hydrogens (tertiary/aromatic N) is 6. The number of aromatic nitrogens is 5. The van der Waals surface area contributed by atoms with E-state index in [9.17, 15) is 0 Å². The number of hydrogen-bond donors (Lipinski definition) is 1. The summed E-state index contributed by atoms with van der Waals surface area (Å²) in [6.07, 6.45) is 2.45. The number of ether oxygens (including phenoxy) is 1. The van der Waals surface area contributed by atoms with E-state index in [1.54, 1.807) is 6.33 Å². The van der Waals surface area contributed by atoms with Crippen LogP contribution in [0.15, 0.2) is 12.4 Å². The highest BCUT2D eigenvalue weighted by Gasteiger charge is 2.22. The Bertz CT molecular complexity index is 694. The van der Waals surface area contributed by atoms with Crippen LogP contribution in [0.3, 0.4) is 0 Å². The maximum absolute atomic E-state index is 5.44. The molecule has 1 N–H and O–H groups in total. The van der Waals surface area contributed by atoms with Crippen LogP contribution in [0.4, 0.5) is 11.8 Å². The van der Waals surface area contributed by atoms with Gasteiger partial charge in [0.15, 0.2) is 0 Å². The Morgan fingerprint density at radius 3 is 2.60 bits per heavy atom. The average Bonchev–Trinajstić information content (AvgIpc) is 3.05. The van der Waals surface area contributed by atoms with Crippen LogP contribution in [0.25, 0.3) is 0 Å². The van der Waals surface area contributed by atoms with Crippen molar-refractivity contribution in [3.05, 3.63) is 23.9 Å². The molecule has 1 aliphatic heterocycles. The minimum absolute atomic E-state index is 0.0321. The number of aryl methyl sites for hydroxylation is 2. The van der Waals surface area contributed by atoms with E-state index >= 15 is 0 Å². The Kier molecular flexibility index (Phi) is 5.47. The van der Waals surface area contributed by atoms with Crippen LogP contribution in [-0.4, -0.2) is 51.0 Å². The van der Waals surface area contributed by atoms with Crippen molar-refractivity contribution in [3.63, 3.8) is 0 Å². The van der Waals surface area contributed by atoms with Gasteiger partial charge in [0, 0.05) is 31.9 Å². The monoisotopic (exact) mass is 345 g/mol. The Balaban J connectivity index is 1.88. The van der Waals surface area contributed by atoms with Gasteiger partial charge in [-0.25, -0.2) is 9.97 Å². The highest BCUT2D eigenvalue weighted by Crippen LogP contribution is 2.25. The van der Waals surface area contributed by atoms with Gasteiger partial charge >= 0.3 is 0 Å². The SMILES string of the molecule is CCc1cc(N[C@@H](c2ncnn2C)C(C)C)nc(N2CCOCC2)n1. The van der Waals surface area contributed by atoms with Crippen molar-refractivity contribution in [2.45, 2.75) is 33.2 Å². The van der Waals surface area contributed by atoms with Crippen LogP contribution in [0.2, 0.25) is 0 Å². The van der Waals surface area contributed by atoms with Crippen LogP contribution >= 0.6 is 0 Å². The zero-order valence-electron chi connectivity index (χ0n) is 15.4. The molecule has 8 nitrogen and oxygen atoms in total. The lowest BCUT2D eigenvalue weighted by molar-refractivity contribution is 0.122. The fourth-order valence-electron chi connectivity index (χ4n) is 2.92. The number of anilines is 2. The van der Waals surface area contributed by atoms with Crippen molar-refractivity contribution in [2.75, 3.05) is 36.5 Å². The lowest BCUT2D eigenvalue weighted by Crippen LogP contribution is -2.37. The van der Waals surface area contributed by atoms with Gasteiger partial charge in [-0.2, -0.15) is 10.1 Å². The molecule has 0 saturated carbocycles. The average molecular weight is 345 g/mol. The molecule has 2 aromatic rings. The molecule has 1 atom stereocenters. The molecule has 3 heterocycles. The molecule has 136 valence electrons. The Labute approximate surface area is 148 Å². The molecule has 2 aromatic heterocycles. The summed E-state index contributed by atoms with van der Waals surface area (Å²) >= 11 is 0. The third kappa shape index (κ3) is 4.07. The number of nitrogens with one attached hydrogen (secondary N) is 1. The van der Waals surface area contributed by atoms with Gasteiger partial charge in [-0.3, -0.25) is 4.68 Å². The van der Waals surface area contributed by atoms with Gasteiger partial charge in [-0.1, -0.05) is 20.8 Å². The summed E-state index contributed by atoms with van der Waals surface area (Å²) in [6, 6.07) is 2.06. The minimum atomic E-state index is 0.0321. The molecule has 0 aliphatic carbocycles. The largest absolute Gasteiger partial charge is 0.378 e. The Morgan fingerprint density at radius 2 is 2.00 bits per heavy atom. The van der Waals surface area contributed by atoms with E-state index in [1.807, 2.05) is 17.8 Å². The fourth-order valence-corrected chi connectivity index (χ4v) is 2.92. The van der Waals surface area contributed by atoms with Crippen molar-refractivity contribution in [2.24, 2.45) is 13.0 Å². The highest BCUT2D eigenvalue weighted by molar-refractivity contribution is 5.45. The molecule has 0 amide bonds. The predicted octanol–water partition coefficient (Wildman–Crippen LogP) is 1.81. The molecule has 1 aliphatic rings. The maximum Gasteiger partial charge on any atom is 0.227 e. The van der Waals surface area contributed by atoms with E-state index in [2.05, 4.69) is 41.1 Å². The van der Waals surface area contributed by atoms with Crippen molar-refractivity contribution in [3.8, 4) is 0 Å². The minimum Gasteiger partial charge on any atom is -0.378 e. The van der Waals surface area contributed by atoms with Crippen molar-refractivity contribution >= 4 is 11.8 Å². The maximum atomic E-state index is 5.44. The van der Waals surface area contributed by atoms with Crippen LogP contribution in [-0.2, 0) is 18.2 Å². The first kappa shape index (κ1) is 17.6. The van der Waals surface area contributed by atoms with Gasteiger partial charge in [0.1, 0.15) is 18.0 Å². The van der Waals surface area contributed by atoms with Crippen molar-refractivity contribution in [1.29, 1.82) is 0 Å². The van der Waals surface area contributed by atoms with Crippen LogP contribution in [0, 0.1) is 5.92 Å². The molecule has 0 aromatic carbocycles. The molecule has 0 spiro atoms. The first-order chi connectivity index (χ1) is 12.1. The molecular weight excluding hydrogens is 318 g/mol. The van der Waals surface area contributed by atoms with E-state index in [0.717, 1.165) is 56.0 Å². The van der Waals surface area contributed by atoms with Gasteiger partial charge in [0.25, 0.3) is 0 Å². The fraction of sp³-hybridized carbons (Fsp3) is 0.647. The number of rotatable bonds is 6. The van der Waals surface area contributed by atoms with Gasteiger partial charge in [-0.05, 0) is 12.3 Å². The molecular formula is C17H27N7O. The summed E-state index contributed by atoms with van der Waals surface area (Å²) in [5, 5.41) is 7.74. The summed E-state index contributed by atoms with van der Waals surface area (Å²) in [5.74, 6) is 2.84. The summed E-state index contributed by atoms with van der Waals surface area (Å²) in [5.41, 5.74) is 1.03. The second-order valence-electron chi connectivity index (χ2n) is 6.61. The molecule has 3 rings (SSSR count). The molecule has 0 unspecified atom stereocenters. The van der Waals surface area contributed by atoms with E-state index in [1.165, 1.54) is 0 Å². The second kappa shape index (κ2) is 7.77. The Hall–Kier alpha value is -2.22. The lowest BCUT2D eigenvalue weighted by Gasteiger charge is -2.28. The van der Waals surface area contributed by atoms with Crippen LogP contribution in [0.5, 0.6) is 0 Å². The topological polar surface area (TPSA) is 81.0 Å². The molecule has 8 heteroatoms. The van der Waals surface area contributed by atoms with Crippen molar-refractivity contribution in [1.82, 2.24) is 24.7 Å². The highest BCUT2D eigenvalue weighted by atomic mass is 16.5. The summed E-state index contributed by atoms with van der Waals surface area (Å²) in [4.78, 5) is 16.0. The molecule has 1 fully saturated rings. The van der Waals surface area contributed by atoms with E-state index in [-0.39, 0.29) is 6.04 Å². The van der Waals surface area contributed by atoms with Gasteiger partial charge < -0.3 is 15.0 Å².